The molecule has 0 amide bonds. The topological polar surface area (TPSA) is 70.4 Å². The number of hydrogen-bond acceptors (Lipinski definition) is 5. The summed E-state index contributed by atoms with van der Waals surface area (Å²) in [6, 6.07) is 1.95. The molecule has 1 aromatic heterocycles. The Bertz CT molecular complexity index is 714. The highest BCUT2D eigenvalue weighted by Crippen LogP contribution is 2.18. The van der Waals surface area contributed by atoms with Crippen LogP contribution in [0.25, 0.3) is 0 Å². The fourth-order valence-corrected chi connectivity index (χ4v) is 2.14. The monoisotopic (exact) mass is 330 g/mol. The van der Waals surface area contributed by atoms with Crippen LogP contribution < -0.4 is 10.1 Å². The molecule has 6 heteroatoms. The summed E-state index contributed by atoms with van der Waals surface area (Å²) in [6.45, 7) is 7.23. The molecule has 0 saturated heterocycles. The molecule has 2 N–H and O–H groups in total. The number of hydrogen-bond donors (Lipinski definition) is 2. The molecule has 0 aliphatic carbocycles. The van der Waals surface area contributed by atoms with E-state index < -0.39 is 5.67 Å². The third-order valence-corrected chi connectivity index (χ3v) is 3.38. The highest BCUT2D eigenvalue weighted by Gasteiger charge is 2.17. The zero-order valence-corrected chi connectivity index (χ0v) is 14.5. The predicted molar refractivity (Wildman–Crippen MR) is 94.6 cm³/mol. The van der Waals surface area contributed by atoms with Gasteiger partial charge < -0.3 is 15.5 Å². The molecule has 0 saturated carbocycles. The number of alkyl halides is 1. The summed E-state index contributed by atoms with van der Waals surface area (Å²) >= 11 is 0. The molecule has 0 atom stereocenters. The van der Waals surface area contributed by atoms with E-state index in [2.05, 4.69) is 15.3 Å². The number of rotatable bonds is 6. The highest BCUT2D eigenvalue weighted by atomic mass is 19.1. The van der Waals surface area contributed by atoms with Crippen LogP contribution in [0.15, 0.2) is 41.3 Å². The molecule has 2 heterocycles. The normalized spacial score (nSPS) is 16.3. The van der Waals surface area contributed by atoms with E-state index in [1.807, 2.05) is 19.9 Å². The Morgan fingerprint density at radius 1 is 1.38 bits per heavy atom. The third-order valence-electron chi connectivity index (χ3n) is 3.38. The Balaban J connectivity index is 1.97. The van der Waals surface area contributed by atoms with Crippen molar-refractivity contribution in [2.75, 3.05) is 6.61 Å². The first kappa shape index (κ1) is 17.8. The second-order valence-corrected chi connectivity index (χ2v) is 6.36. The number of nitrogens with zero attached hydrogens (tertiary/aromatic N) is 2. The van der Waals surface area contributed by atoms with Gasteiger partial charge in [-0.15, -0.1) is 0 Å². The van der Waals surface area contributed by atoms with Gasteiger partial charge in [0.25, 0.3) is 0 Å². The van der Waals surface area contributed by atoms with Crippen molar-refractivity contribution in [3.63, 3.8) is 0 Å². The van der Waals surface area contributed by atoms with E-state index >= 15 is 0 Å². The molecule has 1 aliphatic heterocycles. The molecule has 1 aromatic rings. The van der Waals surface area contributed by atoms with Gasteiger partial charge in [0, 0.05) is 42.0 Å². The van der Waals surface area contributed by atoms with Gasteiger partial charge in [-0.05, 0) is 45.4 Å². The van der Waals surface area contributed by atoms with Crippen LogP contribution in [0.4, 0.5) is 4.39 Å². The third kappa shape index (κ3) is 5.01. The van der Waals surface area contributed by atoms with Gasteiger partial charge in [-0.3, -0.25) is 4.99 Å². The zero-order valence-electron chi connectivity index (χ0n) is 14.5. The Hall–Kier alpha value is -2.50. The van der Waals surface area contributed by atoms with Crippen molar-refractivity contribution >= 4 is 11.4 Å². The minimum Gasteiger partial charge on any atom is -0.474 e. The Morgan fingerprint density at radius 3 is 2.75 bits per heavy atom. The van der Waals surface area contributed by atoms with Crippen LogP contribution in [0.3, 0.4) is 0 Å². The van der Waals surface area contributed by atoms with Crippen molar-refractivity contribution in [3.8, 4) is 5.88 Å². The average Bonchev–Trinajstić information content (AvgIpc) is 2.48. The minimum atomic E-state index is -1.39. The smallest absolute Gasteiger partial charge is 0.216 e. The number of ether oxygens (including phenoxy) is 1. The fourth-order valence-electron chi connectivity index (χ4n) is 2.14. The number of aliphatic imine (C=N–C) groups is 1. The van der Waals surface area contributed by atoms with Crippen molar-refractivity contribution in [2.45, 2.75) is 39.9 Å². The van der Waals surface area contributed by atoms with Crippen LogP contribution in [0, 0.1) is 12.3 Å². The van der Waals surface area contributed by atoms with Crippen molar-refractivity contribution < 1.29 is 9.13 Å². The summed E-state index contributed by atoms with van der Waals surface area (Å²) in [5, 5.41) is 11.1. The first-order valence-corrected chi connectivity index (χ1v) is 7.77. The van der Waals surface area contributed by atoms with Gasteiger partial charge in [0.15, 0.2) is 0 Å². The number of halogens is 1. The molecule has 0 bridgehead atoms. The summed E-state index contributed by atoms with van der Waals surface area (Å²) in [5.41, 5.74) is 2.45. The SMILES string of the molecule is CC1=NC=CC(=N)/C1=C\NCc1cnc(OCC(C)(C)F)c(C)c1. The summed E-state index contributed by atoms with van der Waals surface area (Å²) in [6.07, 6.45) is 6.77. The van der Waals surface area contributed by atoms with Crippen LogP contribution in [0.2, 0.25) is 0 Å². The number of nitrogens with one attached hydrogen (secondary N) is 2. The van der Waals surface area contributed by atoms with Crippen LogP contribution >= 0.6 is 0 Å². The summed E-state index contributed by atoms with van der Waals surface area (Å²) in [5.74, 6) is 0.449. The largest absolute Gasteiger partial charge is 0.474 e. The second kappa shape index (κ2) is 7.38. The van der Waals surface area contributed by atoms with Crippen molar-refractivity contribution in [2.24, 2.45) is 4.99 Å². The van der Waals surface area contributed by atoms with Crippen molar-refractivity contribution in [1.29, 1.82) is 5.41 Å². The van der Waals surface area contributed by atoms with Crippen LogP contribution in [-0.2, 0) is 6.54 Å². The molecule has 0 aromatic carbocycles. The van der Waals surface area contributed by atoms with Crippen LogP contribution in [-0.4, -0.2) is 28.7 Å². The first-order valence-electron chi connectivity index (χ1n) is 7.77. The van der Waals surface area contributed by atoms with Gasteiger partial charge in [-0.25, -0.2) is 9.37 Å². The highest BCUT2D eigenvalue weighted by molar-refractivity contribution is 6.27. The lowest BCUT2D eigenvalue weighted by atomic mass is 10.1. The zero-order chi connectivity index (χ0) is 17.7. The maximum atomic E-state index is 13.5. The molecule has 0 fully saturated rings. The van der Waals surface area contributed by atoms with Gasteiger partial charge in [-0.1, -0.05) is 0 Å². The van der Waals surface area contributed by atoms with Crippen molar-refractivity contribution in [3.05, 3.63) is 47.4 Å². The molecule has 0 spiro atoms. The van der Waals surface area contributed by atoms with Gasteiger partial charge >= 0.3 is 0 Å². The standard InChI is InChI=1S/C18H23FN4O/c1-12-7-14(9-23-17(12)24-11-18(3,4)19)8-21-10-15-13(2)22-6-5-16(15)20/h5-7,9-10,20-21H,8,11H2,1-4H3/b15-10-,20-16?. The van der Waals surface area contributed by atoms with E-state index in [0.29, 0.717) is 18.1 Å². The quantitative estimate of drug-likeness (QED) is 0.838. The van der Waals surface area contributed by atoms with E-state index in [1.54, 1.807) is 24.7 Å². The predicted octanol–water partition coefficient (Wildman–Crippen LogP) is 3.50. The Morgan fingerprint density at radius 2 is 2.12 bits per heavy atom. The molecule has 1 aliphatic rings. The first-order chi connectivity index (χ1) is 11.3. The maximum Gasteiger partial charge on any atom is 0.216 e. The molecule has 2 rings (SSSR count). The molecule has 128 valence electrons. The number of aryl methyl sites for hydroxylation is 1. The lowest BCUT2D eigenvalue weighted by Crippen LogP contribution is -2.23. The summed E-state index contributed by atoms with van der Waals surface area (Å²) in [7, 11) is 0. The fraction of sp³-hybridized carbons (Fsp3) is 0.389. The van der Waals surface area contributed by atoms with E-state index in [1.165, 1.54) is 13.8 Å². The van der Waals surface area contributed by atoms with E-state index in [-0.39, 0.29) is 6.61 Å². The van der Waals surface area contributed by atoms with Crippen molar-refractivity contribution in [1.82, 2.24) is 10.3 Å². The van der Waals surface area contributed by atoms with Gasteiger partial charge in [-0.2, -0.15) is 0 Å². The van der Waals surface area contributed by atoms with Gasteiger partial charge in [0.05, 0.1) is 5.71 Å². The van der Waals surface area contributed by atoms with E-state index in [0.717, 1.165) is 22.4 Å². The Labute approximate surface area is 141 Å². The van der Waals surface area contributed by atoms with Gasteiger partial charge in [0.2, 0.25) is 5.88 Å². The van der Waals surface area contributed by atoms with Crippen LogP contribution in [0.5, 0.6) is 5.88 Å². The lowest BCUT2D eigenvalue weighted by Gasteiger charge is -2.16. The van der Waals surface area contributed by atoms with Gasteiger partial charge in [0.1, 0.15) is 12.3 Å². The lowest BCUT2D eigenvalue weighted by molar-refractivity contribution is 0.117. The second-order valence-electron chi connectivity index (χ2n) is 6.36. The number of aromatic nitrogens is 1. The molecule has 0 unspecified atom stereocenters. The maximum absolute atomic E-state index is 13.5. The van der Waals surface area contributed by atoms with E-state index in [9.17, 15) is 4.39 Å². The molecule has 24 heavy (non-hydrogen) atoms. The Kier molecular flexibility index (Phi) is 5.49. The molecule has 0 radical (unpaired) electrons. The summed E-state index contributed by atoms with van der Waals surface area (Å²) in [4.78, 5) is 8.43. The number of allylic oxidation sites excluding steroid dienone is 2. The van der Waals surface area contributed by atoms with Crippen LogP contribution in [0.1, 0.15) is 31.9 Å². The molecular formula is C18H23FN4O. The minimum absolute atomic E-state index is 0.0290. The molecular weight excluding hydrogens is 307 g/mol. The number of pyridine rings is 1. The molecule has 5 nitrogen and oxygen atoms in total. The summed E-state index contributed by atoms with van der Waals surface area (Å²) < 4.78 is 18.9. The average molecular weight is 330 g/mol. The van der Waals surface area contributed by atoms with E-state index in [4.69, 9.17) is 10.1 Å².